The first-order valence-electron chi connectivity index (χ1n) is 10.9. The maximum Gasteiger partial charge on any atom is 0.244 e. The summed E-state index contributed by atoms with van der Waals surface area (Å²) in [5.74, 6) is -0.970. The van der Waals surface area contributed by atoms with Crippen molar-refractivity contribution in [2.45, 2.75) is 20.4 Å². The van der Waals surface area contributed by atoms with Crippen LogP contribution >= 0.6 is 11.6 Å². The number of ether oxygens (including phenoxy) is 1. The van der Waals surface area contributed by atoms with Gasteiger partial charge < -0.3 is 14.6 Å². The van der Waals surface area contributed by atoms with Gasteiger partial charge in [0.2, 0.25) is 11.3 Å². The number of amides is 1. The van der Waals surface area contributed by atoms with Crippen molar-refractivity contribution in [2.75, 3.05) is 11.9 Å². The molecule has 0 saturated heterocycles. The largest absolute Gasteiger partial charge is 0.494 e. The lowest BCUT2D eigenvalue weighted by Gasteiger charge is -2.15. The monoisotopic (exact) mass is 492 g/mol. The number of nitrogens with zero attached hydrogens (tertiary/aromatic N) is 1. The Hall–Kier alpha value is -3.97. The van der Waals surface area contributed by atoms with Gasteiger partial charge in [0, 0.05) is 22.5 Å². The number of anilines is 1. The third-order valence-corrected chi connectivity index (χ3v) is 5.89. The minimum Gasteiger partial charge on any atom is -0.494 e. The minimum atomic E-state index is -0.571. The molecule has 0 aliphatic heterocycles. The average Bonchev–Trinajstić information content (AvgIpc) is 2.83. The number of carbonyl (C=O) groups is 2. The van der Waals surface area contributed by atoms with Gasteiger partial charge >= 0.3 is 0 Å². The Morgan fingerprint density at radius 1 is 1.06 bits per heavy atom. The van der Waals surface area contributed by atoms with Crippen LogP contribution < -0.4 is 15.5 Å². The highest BCUT2D eigenvalue weighted by atomic mass is 35.5. The Kier molecular flexibility index (Phi) is 6.98. The van der Waals surface area contributed by atoms with Crippen LogP contribution in [0.5, 0.6) is 5.75 Å². The summed E-state index contributed by atoms with van der Waals surface area (Å²) in [5.41, 5.74) is 1.39. The molecule has 1 aromatic heterocycles. The zero-order chi connectivity index (χ0) is 25.1. The van der Waals surface area contributed by atoms with Gasteiger partial charge in [-0.3, -0.25) is 14.4 Å². The van der Waals surface area contributed by atoms with Gasteiger partial charge in [0.1, 0.15) is 18.1 Å². The molecular formula is C27H22ClFN2O4. The lowest BCUT2D eigenvalue weighted by molar-refractivity contribution is -0.116. The van der Waals surface area contributed by atoms with Crippen molar-refractivity contribution in [1.82, 2.24) is 4.57 Å². The number of fused-ring (bicyclic) bond motifs is 1. The van der Waals surface area contributed by atoms with Crippen LogP contribution in [0.2, 0.25) is 5.02 Å². The molecule has 8 heteroatoms. The van der Waals surface area contributed by atoms with Crippen LogP contribution in [0.4, 0.5) is 10.1 Å². The summed E-state index contributed by atoms with van der Waals surface area (Å²) in [6.45, 7) is 3.91. The first-order chi connectivity index (χ1) is 16.8. The quantitative estimate of drug-likeness (QED) is 0.352. The van der Waals surface area contributed by atoms with Crippen molar-refractivity contribution >= 4 is 39.9 Å². The van der Waals surface area contributed by atoms with Crippen molar-refractivity contribution in [2.24, 2.45) is 0 Å². The maximum atomic E-state index is 13.3. The highest BCUT2D eigenvalue weighted by Crippen LogP contribution is 2.22. The molecule has 6 nitrogen and oxygen atoms in total. The smallest absolute Gasteiger partial charge is 0.244 e. The van der Waals surface area contributed by atoms with Crippen LogP contribution in [0.3, 0.4) is 0 Å². The molecule has 0 aliphatic rings. The molecule has 4 aromatic rings. The van der Waals surface area contributed by atoms with E-state index in [0.29, 0.717) is 28.6 Å². The second-order valence-electron chi connectivity index (χ2n) is 7.96. The van der Waals surface area contributed by atoms with E-state index in [1.165, 1.54) is 22.9 Å². The molecule has 178 valence electrons. The fourth-order valence-corrected chi connectivity index (χ4v) is 3.89. The number of carbonyl (C=O) groups excluding carboxylic acids is 2. The lowest BCUT2D eigenvalue weighted by atomic mass is 10.0. The highest BCUT2D eigenvalue weighted by molar-refractivity contribution is 6.31. The number of nitrogens with one attached hydrogen (secondary N) is 1. The molecule has 0 unspecified atom stereocenters. The zero-order valence-electron chi connectivity index (χ0n) is 19.1. The Balaban J connectivity index is 1.77. The summed E-state index contributed by atoms with van der Waals surface area (Å²) in [6.07, 6.45) is 1.36. The van der Waals surface area contributed by atoms with E-state index in [4.69, 9.17) is 16.3 Å². The lowest BCUT2D eigenvalue weighted by Crippen LogP contribution is -2.24. The third kappa shape index (κ3) is 5.25. The summed E-state index contributed by atoms with van der Waals surface area (Å²) in [4.78, 5) is 39.3. The second-order valence-corrected chi connectivity index (χ2v) is 8.37. The van der Waals surface area contributed by atoms with E-state index in [0.717, 1.165) is 17.7 Å². The molecule has 1 heterocycles. The van der Waals surface area contributed by atoms with Gasteiger partial charge in [-0.15, -0.1) is 0 Å². The van der Waals surface area contributed by atoms with Gasteiger partial charge in [-0.2, -0.15) is 0 Å². The highest BCUT2D eigenvalue weighted by Gasteiger charge is 2.19. The summed E-state index contributed by atoms with van der Waals surface area (Å²) in [7, 11) is 0. The molecule has 0 fully saturated rings. The molecule has 0 atom stereocenters. The maximum absolute atomic E-state index is 13.3. The van der Waals surface area contributed by atoms with Crippen LogP contribution in [0, 0.1) is 12.7 Å². The number of ketones is 1. The summed E-state index contributed by atoms with van der Waals surface area (Å²) in [5, 5.41) is 3.53. The zero-order valence-corrected chi connectivity index (χ0v) is 19.9. The second kappa shape index (κ2) is 10.1. The number of aromatic nitrogens is 1. The van der Waals surface area contributed by atoms with Crippen molar-refractivity contribution in [3.8, 4) is 5.75 Å². The summed E-state index contributed by atoms with van der Waals surface area (Å²) >= 11 is 6.15. The SMILES string of the molecule is CCOc1ccc2c(c1)c(=O)c(C(=O)c1ccc(F)cc1)cn2CC(=O)Nc1ccc(C)c(Cl)c1. The summed E-state index contributed by atoms with van der Waals surface area (Å²) < 4.78 is 20.4. The molecule has 1 N–H and O–H groups in total. The van der Waals surface area contributed by atoms with E-state index in [1.54, 1.807) is 36.4 Å². The Labute approximate surface area is 205 Å². The minimum absolute atomic E-state index is 0.135. The van der Waals surface area contributed by atoms with Crippen molar-refractivity contribution in [3.05, 3.63) is 105 Å². The van der Waals surface area contributed by atoms with Gasteiger partial charge in [-0.1, -0.05) is 17.7 Å². The Morgan fingerprint density at radius 3 is 2.49 bits per heavy atom. The number of aryl methyl sites for hydroxylation is 1. The predicted octanol–water partition coefficient (Wildman–Crippen LogP) is 5.37. The van der Waals surface area contributed by atoms with E-state index < -0.39 is 17.0 Å². The fraction of sp³-hybridized carbons (Fsp3) is 0.148. The van der Waals surface area contributed by atoms with E-state index in [-0.39, 0.29) is 29.0 Å². The van der Waals surface area contributed by atoms with E-state index >= 15 is 0 Å². The summed E-state index contributed by atoms with van der Waals surface area (Å²) in [6, 6.07) is 15.0. The van der Waals surface area contributed by atoms with Gasteiger partial charge in [-0.05, 0) is 74.0 Å². The van der Waals surface area contributed by atoms with Crippen molar-refractivity contribution in [1.29, 1.82) is 0 Å². The molecule has 0 saturated carbocycles. The van der Waals surface area contributed by atoms with Gasteiger partial charge in [-0.25, -0.2) is 4.39 Å². The third-order valence-electron chi connectivity index (χ3n) is 5.48. The van der Waals surface area contributed by atoms with E-state index in [2.05, 4.69) is 5.32 Å². The van der Waals surface area contributed by atoms with Crippen molar-refractivity contribution in [3.63, 3.8) is 0 Å². The molecule has 35 heavy (non-hydrogen) atoms. The van der Waals surface area contributed by atoms with Gasteiger partial charge in [0.25, 0.3) is 0 Å². The van der Waals surface area contributed by atoms with Gasteiger partial charge in [0.15, 0.2) is 5.78 Å². The van der Waals surface area contributed by atoms with Crippen LogP contribution in [-0.2, 0) is 11.3 Å². The number of rotatable bonds is 7. The number of benzene rings is 3. The standard InChI is InChI=1S/C27H22ClFN2O4/c1-3-35-20-10-11-24-21(13-20)27(34)22(26(33)17-5-7-18(29)8-6-17)14-31(24)15-25(32)30-19-9-4-16(2)23(28)12-19/h4-14H,3,15H2,1-2H3,(H,30,32). The van der Waals surface area contributed by atoms with E-state index in [9.17, 15) is 18.8 Å². The average molecular weight is 493 g/mol. The molecule has 4 rings (SSSR count). The number of pyridine rings is 1. The predicted molar refractivity (Wildman–Crippen MR) is 134 cm³/mol. The molecule has 1 amide bonds. The molecular weight excluding hydrogens is 471 g/mol. The van der Waals surface area contributed by atoms with Crippen molar-refractivity contribution < 1.29 is 18.7 Å². The Bertz CT molecular complexity index is 1500. The molecule has 0 spiro atoms. The topological polar surface area (TPSA) is 77.4 Å². The number of hydrogen-bond donors (Lipinski definition) is 1. The normalized spacial score (nSPS) is 10.9. The van der Waals surface area contributed by atoms with Crippen LogP contribution in [0.25, 0.3) is 10.9 Å². The van der Waals surface area contributed by atoms with Crippen LogP contribution in [0.15, 0.2) is 71.7 Å². The Morgan fingerprint density at radius 2 is 1.80 bits per heavy atom. The first kappa shape index (κ1) is 24.2. The van der Waals surface area contributed by atoms with Crippen LogP contribution in [0.1, 0.15) is 28.4 Å². The first-order valence-corrected chi connectivity index (χ1v) is 11.3. The van der Waals surface area contributed by atoms with Crippen LogP contribution in [-0.4, -0.2) is 22.9 Å². The fourth-order valence-electron chi connectivity index (χ4n) is 3.71. The molecule has 0 radical (unpaired) electrons. The molecule has 0 aliphatic carbocycles. The number of hydrogen-bond acceptors (Lipinski definition) is 4. The molecule has 3 aromatic carbocycles. The number of halogens is 2. The van der Waals surface area contributed by atoms with E-state index in [1.807, 2.05) is 13.8 Å². The molecule has 0 bridgehead atoms. The van der Waals surface area contributed by atoms with Gasteiger partial charge in [0.05, 0.1) is 23.1 Å².